The molecule has 5 nitrogen and oxygen atoms in total. The first-order chi connectivity index (χ1) is 28.5. The van der Waals surface area contributed by atoms with Crippen molar-refractivity contribution >= 4 is 54.2 Å². The average Bonchev–Trinajstić information content (AvgIpc) is 3.82. The number of aromatic nitrogens is 4. The Labute approximate surface area is 334 Å². The van der Waals surface area contributed by atoms with Crippen LogP contribution in [0.15, 0.2) is 174 Å². The van der Waals surface area contributed by atoms with Crippen LogP contribution in [0.25, 0.3) is 111 Å². The van der Waals surface area contributed by atoms with Crippen LogP contribution in [0, 0.1) is 0 Å². The van der Waals surface area contributed by atoms with E-state index < -0.39 is 0 Å². The highest BCUT2D eigenvalue weighted by Crippen LogP contribution is 2.52. The van der Waals surface area contributed by atoms with Gasteiger partial charge < -0.3 is 4.42 Å². The lowest BCUT2D eigenvalue weighted by Crippen LogP contribution is -2.17. The Bertz CT molecular complexity index is 3490. The summed E-state index contributed by atoms with van der Waals surface area (Å²) in [5.74, 6) is 2.50. The predicted molar refractivity (Wildman–Crippen MR) is 237 cm³/mol. The number of hydrogen-bond donors (Lipinski definition) is 0. The van der Waals surface area contributed by atoms with E-state index in [1.807, 2.05) is 30.3 Å². The van der Waals surface area contributed by atoms with Gasteiger partial charge in [-0.25, -0.2) is 19.9 Å². The van der Waals surface area contributed by atoms with Crippen LogP contribution in [0.2, 0.25) is 0 Å². The van der Waals surface area contributed by atoms with E-state index in [-0.39, 0.29) is 5.41 Å². The Kier molecular flexibility index (Phi) is 6.91. The quantitative estimate of drug-likeness (QED) is 0.168. The largest absolute Gasteiger partial charge is 0.435 e. The van der Waals surface area contributed by atoms with Crippen LogP contribution in [-0.2, 0) is 5.41 Å². The molecule has 1 aliphatic rings. The maximum atomic E-state index is 6.70. The lowest BCUT2D eigenvalue weighted by Gasteiger charge is -2.24. The molecule has 0 N–H and O–H groups in total. The smallest absolute Gasteiger partial charge is 0.227 e. The highest BCUT2D eigenvalue weighted by atomic mass is 16.3. The van der Waals surface area contributed by atoms with Gasteiger partial charge in [0.2, 0.25) is 5.89 Å². The third-order valence-corrected chi connectivity index (χ3v) is 12.1. The zero-order chi connectivity index (χ0) is 38.5. The first-order valence-electron chi connectivity index (χ1n) is 19.7. The molecule has 9 aromatic carbocycles. The molecular weight excluding hydrogens is 709 g/mol. The summed E-state index contributed by atoms with van der Waals surface area (Å²) in [5, 5.41) is 8.65. The van der Waals surface area contributed by atoms with Gasteiger partial charge in [0.1, 0.15) is 5.52 Å². The predicted octanol–water partition coefficient (Wildman–Crippen LogP) is 13.6. The Morgan fingerprint density at radius 1 is 0.414 bits per heavy atom. The van der Waals surface area contributed by atoms with Gasteiger partial charge >= 0.3 is 0 Å². The van der Waals surface area contributed by atoms with E-state index in [0.717, 1.165) is 76.4 Å². The Balaban J connectivity index is 1.18. The van der Waals surface area contributed by atoms with E-state index >= 15 is 0 Å². The molecule has 2 aromatic heterocycles. The number of nitrogens with zero attached hydrogens (tertiary/aromatic N) is 4. The molecule has 11 aromatic rings. The molecule has 5 heteroatoms. The molecule has 0 radical (unpaired) electrons. The lowest BCUT2D eigenvalue weighted by atomic mass is 9.80. The average molecular weight is 743 g/mol. The van der Waals surface area contributed by atoms with Crippen molar-refractivity contribution in [2.45, 2.75) is 19.3 Å². The van der Waals surface area contributed by atoms with Crippen molar-refractivity contribution in [3.63, 3.8) is 0 Å². The highest BCUT2D eigenvalue weighted by molar-refractivity contribution is 6.28. The van der Waals surface area contributed by atoms with Crippen LogP contribution in [-0.4, -0.2) is 19.9 Å². The molecule has 0 spiro atoms. The standard InChI is InChI=1S/C53H34N4O/c1-53(2)43-25-11-10-21-37(43)39-22-13-24-41(47(39)53)50-55-49(40-23-12-18-31-14-6-8-19-35(31)40)56-51(57-50)42-30-34-17-7-9-20-36(34)46-38(42)28-26-32-27-29-44-48(45(32)46)58-52(54-44)33-15-4-3-5-16-33/h3-30H,1-2H3. The first-order valence-corrected chi connectivity index (χ1v) is 19.7. The van der Waals surface area contributed by atoms with Gasteiger partial charge in [-0.1, -0.05) is 159 Å². The van der Waals surface area contributed by atoms with E-state index in [2.05, 4.69) is 153 Å². The fraction of sp³-hybridized carbons (Fsp3) is 0.0566. The number of fused-ring (bicyclic) bond motifs is 11. The monoisotopic (exact) mass is 742 g/mol. The van der Waals surface area contributed by atoms with Crippen molar-refractivity contribution in [1.29, 1.82) is 0 Å². The molecule has 0 bridgehead atoms. The Hall–Kier alpha value is -7.50. The molecule has 0 unspecified atom stereocenters. The summed E-state index contributed by atoms with van der Waals surface area (Å²) in [5.41, 5.74) is 10.2. The zero-order valence-electron chi connectivity index (χ0n) is 31.9. The van der Waals surface area contributed by atoms with Crippen LogP contribution in [0.4, 0.5) is 0 Å². The first kappa shape index (κ1) is 32.7. The minimum atomic E-state index is -0.259. The Morgan fingerprint density at radius 2 is 1.03 bits per heavy atom. The molecule has 12 rings (SSSR count). The minimum absolute atomic E-state index is 0.259. The molecule has 1 aliphatic carbocycles. The number of benzene rings is 9. The van der Waals surface area contributed by atoms with Crippen molar-refractivity contribution < 1.29 is 4.42 Å². The summed E-state index contributed by atoms with van der Waals surface area (Å²) >= 11 is 0. The summed E-state index contributed by atoms with van der Waals surface area (Å²) in [6.45, 7) is 4.62. The summed E-state index contributed by atoms with van der Waals surface area (Å²) in [4.78, 5) is 21.2. The fourth-order valence-electron chi connectivity index (χ4n) is 9.46. The maximum absolute atomic E-state index is 6.70. The maximum Gasteiger partial charge on any atom is 0.227 e. The summed E-state index contributed by atoms with van der Waals surface area (Å²) < 4.78 is 6.70. The van der Waals surface area contributed by atoms with Crippen molar-refractivity contribution in [3.8, 4) is 56.7 Å². The van der Waals surface area contributed by atoms with Crippen LogP contribution < -0.4 is 0 Å². The SMILES string of the molecule is CC1(C)c2ccccc2-c2cccc(-c3nc(-c4cccc5ccccc45)nc(-c4cc5ccccc5c5c4ccc4ccc6nc(-c7ccccc7)oc6c45)n3)c21. The summed E-state index contributed by atoms with van der Waals surface area (Å²) in [6.07, 6.45) is 0. The van der Waals surface area contributed by atoms with Crippen molar-refractivity contribution in [2.75, 3.05) is 0 Å². The number of rotatable bonds is 4. The molecule has 58 heavy (non-hydrogen) atoms. The molecule has 0 aliphatic heterocycles. The normalized spacial score (nSPS) is 13.1. The highest BCUT2D eigenvalue weighted by Gasteiger charge is 2.38. The van der Waals surface area contributed by atoms with Crippen LogP contribution in [0.5, 0.6) is 0 Å². The van der Waals surface area contributed by atoms with Crippen molar-refractivity contribution in [3.05, 3.63) is 181 Å². The molecule has 272 valence electrons. The van der Waals surface area contributed by atoms with Crippen molar-refractivity contribution in [1.82, 2.24) is 19.9 Å². The van der Waals surface area contributed by atoms with Gasteiger partial charge in [-0.15, -0.1) is 0 Å². The zero-order valence-corrected chi connectivity index (χ0v) is 31.9. The Morgan fingerprint density at radius 3 is 1.90 bits per heavy atom. The van der Waals surface area contributed by atoms with Gasteiger partial charge in [-0.3, -0.25) is 0 Å². The molecular formula is C53H34N4O. The molecule has 0 atom stereocenters. The van der Waals surface area contributed by atoms with Crippen LogP contribution in [0.3, 0.4) is 0 Å². The van der Waals surface area contributed by atoms with Gasteiger partial charge in [0.05, 0.1) is 0 Å². The third-order valence-electron chi connectivity index (χ3n) is 12.1. The van der Waals surface area contributed by atoms with Gasteiger partial charge in [-0.05, 0) is 78.8 Å². The second-order valence-electron chi connectivity index (χ2n) is 15.8. The number of oxazole rings is 1. The molecule has 0 saturated heterocycles. The molecule has 0 saturated carbocycles. The second kappa shape index (κ2) is 12.2. The topological polar surface area (TPSA) is 64.7 Å². The van der Waals surface area contributed by atoms with Crippen molar-refractivity contribution in [2.24, 2.45) is 0 Å². The van der Waals surface area contributed by atoms with E-state index in [9.17, 15) is 0 Å². The van der Waals surface area contributed by atoms with E-state index in [0.29, 0.717) is 23.4 Å². The van der Waals surface area contributed by atoms with E-state index in [4.69, 9.17) is 24.4 Å². The van der Waals surface area contributed by atoms with E-state index in [1.165, 1.54) is 22.3 Å². The van der Waals surface area contributed by atoms with Gasteiger partial charge in [-0.2, -0.15) is 0 Å². The summed E-state index contributed by atoms with van der Waals surface area (Å²) in [7, 11) is 0. The fourth-order valence-corrected chi connectivity index (χ4v) is 9.46. The van der Waals surface area contributed by atoms with E-state index in [1.54, 1.807) is 0 Å². The van der Waals surface area contributed by atoms with Gasteiger partial charge in [0.25, 0.3) is 0 Å². The third kappa shape index (κ3) is 4.77. The molecule has 0 amide bonds. The van der Waals surface area contributed by atoms with Crippen LogP contribution in [0.1, 0.15) is 25.0 Å². The molecule has 2 heterocycles. The van der Waals surface area contributed by atoms with Gasteiger partial charge in [0, 0.05) is 38.4 Å². The second-order valence-corrected chi connectivity index (χ2v) is 15.8. The summed E-state index contributed by atoms with van der Waals surface area (Å²) in [6, 6.07) is 59.6. The number of hydrogen-bond acceptors (Lipinski definition) is 5. The van der Waals surface area contributed by atoms with Gasteiger partial charge in [0.15, 0.2) is 23.1 Å². The molecule has 0 fully saturated rings. The lowest BCUT2D eigenvalue weighted by molar-refractivity contribution is 0.623. The minimum Gasteiger partial charge on any atom is -0.435 e. The van der Waals surface area contributed by atoms with Crippen LogP contribution >= 0.6 is 0 Å².